The first-order chi connectivity index (χ1) is 13.0. The average molecular weight is 408 g/mol. The Bertz CT molecular complexity index is 1080. The van der Waals surface area contributed by atoms with Crippen molar-refractivity contribution in [1.29, 1.82) is 0 Å². The van der Waals surface area contributed by atoms with Crippen LogP contribution in [0, 0.1) is 17.5 Å². The van der Waals surface area contributed by atoms with Gasteiger partial charge in [-0.15, -0.1) is 0 Å². The maximum atomic E-state index is 13.6. The molecular formula is C15H10F6N4O3. The zero-order valence-electron chi connectivity index (χ0n) is 13.8. The number of nitrogens with zero attached hydrogens (tertiary/aromatic N) is 3. The van der Waals surface area contributed by atoms with Gasteiger partial charge in [0.2, 0.25) is 0 Å². The number of rotatable bonds is 4. The molecule has 3 rings (SSSR count). The second-order valence-electron chi connectivity index (χ2n) is 5.68. The highest BCUT2D eigenvalue weighted by Gasteiger charge is 2.30. The van der Waals surface area contributed by atoms with Crippen LogP contribution in [-0.4, -0.2) is 37.5 Å². The van der Waals surface area contributed by atoms with Crippen molar-refractivity contribution in [3.8, 4) is 17.1 Å². The number of aromatic amines is 1. The number of ether oxygens (including phenoxy) is 1. The van der Waals surface area contributed by atoms with Gasteiger partial charge in [-0.2, -0.15) is 27.8 Å². The Hall–Kier alpha value is -3.09. The molecule has 2 N–H and O–H groups in total. The van der Waals surface area contributed by atoms with Crippen molar-refractivity contribution in [3.63, 3.8) is 0 Å². The largest absolute Gasteiger partial charge is 0.455 e. The highest BCUT2D eigenvalue weighted by molar-refractivity contribution is 5.80. The minimum atomic E-state index is -4.72. The Kier molecular flexibility index (Phi) is 4.79. The molecule has 0 aliphatic carbocycles. The molecule has 0 amide bonds. The Balaban J connectivity index is 2.26. The van der Waals surface area contributed by atoms with Crippen LogP contribution in [0.25, 0.3) is 16.8 Å². The molecule has 28 heavy (non-hydrogen) atoms. The average Bonchev–Trinajstić information content (AvgIpc) is 2.97. The fraction of sp³-hybridized carbons (Fsp3) is 0.267. The number of H-pyrrole nitrogens is 1. The van der Waals surface area contributed by atoms with E-state index in [2.05, 4.69) is 14.8 Å². The zero-order chi connectivity index (χ0) is 20.8. The smallest absolute Gasteiger partial charge is 0.422 e. The number of hydrogen-bond donors (Lipinski definition) is 2. The Morgan fingerprint density at radius 2 is 1.86 bits per heavy atom. The predicted octanol–water partition coefficient (Wildman–Crippen LogP) is 2.50. The third-order valence-corrected chi connectivity index (χ3v) is 3.54. The van der Waals surface area contributed by atoms with Gasteiger partial charge in [-0.25, -0.2) is 18.0 Å². The molecule has 1 atom stereocenters. The quantitative estimate of drug-likeness (QED) is 0.511. The second-order valence-corrected chi connectivity index (χ2v) is 5.68. The van der Waals surface area contributed by atoms with E-state index >= 15 is 0 Å². The van der Waals surface area contributed by atoms with Gasteiger partial charge in [0, 0.05) is 0 Å². The summed E-state index contributed by atoms with van der Waals surface area (Å²) >= 11 is 0. The van der Waals surface area contributed by atoms with Gasteiger partial charge < -0.3 is 9.84 Å². The number of aliphatic hydroxyl groups excluding tert-OH is 1. The number of fused-ring (bicyclic) bond motifs is 1. The minimum Gasteiger partial charge on any atom is -0.455 e. The number of benzene rings is 1. The first-order valence-electron chi connectivity index (χ1n) is 7.53. The van der Waals surface area contributed by atoms with E-state index in [1.54, 1.807) is 0 Å². The van der Waals surface area contributed by atoms with Gasteiger partial charge in [0.15, 0.2) is 29.7 Å². The molecule has 0 bridgehead atoms. The van der Waals surface area contributed by atoms with E-state index in [0.717, 1.165) is 0 Å². The van der Waals surface area contributed by atoms with Crippen molar-refractivity contribution < 1.29 is 36.2 Å². The molecule has 150 valence electrons. The van der Waals surface area contributed by atoms with Crippen LogP contribution >= 0.6 is 0 Å². The van der Waals surface area contributed by atoms with Gasteiger partial charge in [0.05, 0.1) is 11.7 Å². The standard InChI is InChI=1S/C15H10F6N4O3/c1-5(26)11-9(6-2-7(16)10(18)8(17)3-6)12-22-13(28-4-15(19,20)21)23-14(27)25(12)24-11/h2-3,5,26H,4H2,1H3,(H,22,23,27). The summed E-state index contributed by atoms with van der Waals surface area (Å²) in [5.74, 6) is -4.88. The first-order valence-corrected chi connectivity index (χ1v) is 7.53. The normalized spacial score (nSPS) is 13.1. The lowest BCUT2D eigenvalue weighted by atomic mass is 10.0. The number of halogens is 6. The Labute approximate surface area is 151 Å². The third kappa shape index (κ3) is 3.65. The highest BCUT2D eigenvalue weighted by Crippen LogP contribution is 2.32. The van der Waals surface area contributed by atoms with E-state index < -0.39 is 53.7 Å². The van der Waals surface area contributed by atoms with Crippen LogP contribution in [0.2, 0.25) is 0 Å². The fourth-order valence-electron chi connectivity index (χ4n) is 2.43. The van der Waals surface area contributed by atoms with Crippen LogP contribution in [0.1, 0.15) is 18.7 Å². The number of aliphatic hydroxyl groups is 1. The molecule has 0 aliphatic rings. The van der Waals surface area contributed by atoms with Gasteiger partial charge in [0.25, 0.3) is 6.01 Å². The molecule has 0 fully saturated rings. The molecule has 0 saturated carbocycles. The predicted molar refractivity (Wildman–Crippen MR) is 81.1 cm³/mol. The molecule has 0 saturated heterocycles. The summed E-state index contributed by atoms with van der Waals surface area (Å²) in [5, 5.41) is 13.6. The molecule has 1 aromatic carbocycles. The van der Waals surface area contributed by atoms with Crippen molar-refractivity contribution in [1.82, 2.24) is 19.6 Å². The maximum absolute atomic E-state index is 13.6. The molecule has 0 spiro atoms. The first kappa shape index (κ1) is 19.7. The van der Waals surface area contributed by atoms with Crippen LogP contribution < -0.4 is 10.4 Å². The van der Waals surface area contributed by atoms with Gasteiger partial charge >= 0.3 is 11.9 Å². The Morgan fingerprint density at radius 3 is 2.39 bits per heavy atom. The van der Waals surface area contributed by atoms with E-state index in [1.165, 1.54) is 6.92 Å². The molecule has 2 heterocycles. The van der Waals surface area contributed by atoms with Crippen LogP contribution in [0.15, 0.2) is 16.9 Å². The molecule has 2 aromatic heterocycles. The summed E-state index contributed by atoms with van der Waals surface area (Å²) in [4.78, 5) is 17.7. The lowest BCUT2D eigenvalue weighted by molar-refractivity contribution is -0.154. The van der Waals surface area contributed by atoms with Gasteiger partial charge in [0.1, 0.15) is 5.69 Å². The summed E-state index contributed by atoms with van der Waals surface area (Å²) in [7, 11) is 0. The van der Waals surface area contributed by atoms with Crippen molar-refractivity contribution in [3.05, 3.63) is 45.8 Å². The number of aromatic nitrogens is 4. The van der Waals surface area contributed by atoms with E-state index in [9.17, 15) is 36.2 Å². The fourth-order valence-corrected chi connectivity index (χ4v) is 2.43. The third-order valence-electron chi connectivity index (χ3n) is 3.54. The molecule has 1 unspecified atom stereocenters. The van der Waals surface area contributed by atoms with E-state index in [0.29, 0.717) is 16.6 Å². The zero-order valence-corrected chi connectivity index (χ0v) is 13.8. The summed E-state index contributed by atoms with van der Waals surface area (Å²) in [6.45, 7) is -0.546. The van der Waals surface area contributed by atoms with Crippen LogP contribution in [0.4, 0.5) is 26.3 Å². The van der Waals surface area contributed by atoms with Crippen molar-refractivity contribution in [2.45, 2.75) is 19.2 Å². The van der Waals surface area contributed by atoms with Crippen molar-refractivity contribution in [2.75, 3.05) is 6.61 Å². The number of nitrogens with one attached hydrogen (secondary N) is 1. The van der Waals surface area contributed by atoms with Crippen LogP contribution in [0.5, 0.6) is 6.01 Å². The lowest BCUT2D eigenvalue weighted by Crippen LogP contribution is -2.24. The summed E-state index contributed by atoms with van der Waals surface area (Å²) in [5.41, 5.74) is -2.44. The molecule has 13 heteroatoms. The molecule has 0 aliphatic heterocycles. The molecular weight excluding hydrogens is 398 g/mol. The molecule has 7 nitrogen and oxygen atoms in total. The van der Waals surface area contributed by atoms with Gasteiger partial charge in [-0.1, -0.05) is 0 Å². The SMILES string of the molecule is CC(O)c1nn2c(=O)[nH]c(OCC(F)(F)F)nc2c1-c1cc(F)c(F)c(F)c1. The summed E-state index contributed by atoms with van der Waals surface area (Å²) < 4.78 is 82.4. The maximum Gasteiger partial charge on any atom is 0.422 e. The van der Waals surface area contributed by atoms with Gasteiger partial charge in [-0.3, -0.25) is 4.98 Å². The van der Waals surface area contributed by atoms with E-state index in [-0.39, 0.29) is 16.8 Å². The highest BCUT2D eigenvalue weighted by atomic mass is 19.4. The van der Waals surface area contributed by atoms with E-state index in [4.69, 9.17) is 0 Å². The second kappa shape index (κ2) is 6.82. The number of alkyl halides is 3. The minimum absolute atomic E-state index is 0.267. The van der Waals surface area contributed by atoms with Crippen molar-refractivity contribution in [2.24, 2.45) is 0 Å². The molecule has 3 aromatic rings. The lowest BCUT2D eigenvalue weighted by Gasteiger charge is -2.09. The topological polar surface area (TPSA) is 92.5 Å². The summed E-state index contributed by atoms with van der Waals surface area (Å²) in [6, 6.07) is 0.303. The Morgan fingerprint density at radius 1 is 1.25 bits per heavy atom. The number of hydrogen-bond acceptors (Lipinski definition) is 5. The summed E-state index contributed by atoms with van der Waals surface area (Å²) in [6.07, 6.45) is -6.09. The van der Waals surface area contributed by atoms with Crippen molar-refractivity contribution >= 4 is 5.65 Å². The van der Waals surface area contributed by atoms with Crippen LogP contribution in [-0.2, 0) is 0 Å². The van der Waals surface area contributed by atoms with Gasteiger partial charge in [-0.05, 0) is 24.6 Å². The monoisotopic (exact) mass is 408 g/mol. The van der Waals surface area contributed by atoms with Crippen LogP contribution in [0.3, 0.4) is 0 Å². The molecule has 0 radical (unpaired) electrons. The van der Waals surface area contributed by atoms with E-state index in [1.807, 2.05) is 4.98 Å².